The molecule has 0 aliphatic carbocycles. The van der Waals surface area contributed by atoms with Gasteiger partial charge in [-0.2, -0.15) is 28.2 Å². The van der Waals surface area contributed by atoms with Crippen molar-refractivity contribution in [1.82, 2.24) is 14.8 Å². The molecular weight excluding hydrogens is 257 g/mol. The first kappa shape index (κ1) is 13.4. The van der Waals surface area contributed by atoms with Gasteiger partial charge in [0.2, 0.25) is 18.2 Å². The van der Waals surface area contributed by atoms with Crippen LogP contribution in [0.2, 0.25) is 0 Å². The lowest BCUT2D eigenvalue weighted by Crippen LogP contribution is -2.24. The second-order valence-electron chi connectivity index (χ2n) is 2.70. The number of nitriles is 1. The van der Waals surface area contributed by atoms with Gasteiger partial charge in [-0.05, 0) is 0 Å². The summed E-state index contributed by atoms with van der Waals surface area (Å²) in [5, 5.41) is 26.2. The Hall–Kier alpha value is -2.64. The fourth-order valence-electron chi connectivity index (χ4n) is 0.795. The van der Waals surface area contributed by atoms with Crippen molar-refractivity contribution in [2.45, 2.75) is 6.18 Å². The van der Waals surface area contributed by atoms with Crippen molar-refractivity contribution < 1.29 is 23.2 Å². The average molecular weight is 262 g/mol. The molecule has 0 aromatic carbocycles. The quantitative estimate of drug-likeness (QED) is 0.366. The predicted octanol–water partition coefficient (Wildman–Crippen LogP) is 0.372. The Morgan fingerprint density at radius 1 is 1.56 bits per heavy atom. The van der Waals surface area contributed by atoms with Crippen LogP contribution < -0.4 is 0 Å². The summed E-state index contributed by atoms with van der Waals surface area (Å²) in [6.45, 7) is -1.66. The number of alkyl halides is 3. The molecule has 0 saturated heterocycles. The molecule has 18 heavy (non-hydrogen) atoms. The Balaban J connectivity index is 2.93. The lowest BCUT2D eigenvalue weighted by atomic mass is 10.4. The van der Waals surface area contributed by atoms with Gasteiger partial charge in [0, 0.05) is 0 Å². The highest BCUT2D eigenvalue weighted by molar-refractivity contribution is 6.47. The summed E-state index contributed by atoms with van der Waals surface area (Å²) >= 11 is 0. The zero-order valence-electron chi connectivity index (χ0n) is 8.53. The van der Waals surface area contributed by atoms with E-state index in [1.165, 1.54) is 6.07 Å². The van der Waals surface area contributed by atoms with Gasteiger partial charge in [-0.1, -0.05) is 10.3 Å². The van der Waals surface area contributed by atoms with E-state index < -0.39 is 24.3 Å². The Labute approximate surface area is 97.6 Å². The molecule has 0 aliphatic rings. The topological polar surface area (TPSA) is 109 Å². The lowest BCUT2D eigenvalue weighted by molar-refractivity contribution is -0.173. The van der Waals surface area contributed by atoms with E-state index in [1.807, 2.05) is 0 Å². The van der Waals surface area contributed by atoms with Crippen molar-refractivity contribution in [2.75, 3.05) is 6.61 Å². The van der Waals surface area contributed by atoms with Crippen LogP contribution in [0.5, 0.6) is 0 Å². The van der Waals surface area contributed by atoms with E-state index in [2.05, 4.69) is 25.2 Å². The fraction of sp³-hybridized carbons (Fsp3) is 0.286. The van der Waals surface area contributed by atoms with E-state index in [4.69, 9.17) is 10.5 Å². The standard InChI is InChI=1S/C7H5F3N6O2/c8-7(9,10)2-18-15-6(5(1-11)14-17)16-4-12-3-13-16/h3-4,17H,2H2/b14-5-,15-6+. The van der Waals surface area contributed by atoms with Crippen molar-refractivity contribution in [2.24, 2.45) is 10.3 Å². The lowest BCUT2D eigenvalue weighted by Gasteiger charge is -2.05. The first-order valence-electron chi connectivity index (χ1n) is 4.22. The summed E-state index contributed by atoms with van der Waals surface area (Å²) in [6, 6.07) is 1.41. The zero-order valence-corrected chi connectivity index (χ0v) is 8.53. The predicted molar refractivity (Wildman–Crippen MR) is 49.7 cm³/mol. The third-order valence-corrected chi connectivity index (χ3v) is 1.43. The van der Waals surface area contributed by atoms with Crippen LogP contribution in [0.25, 0.3) is 0 Å². The smallest absolute Gasteiger partial charge is 0.410 e. The summed E-state index contributed by atoms with van der Waals surface area (Å²) in [7, 11) is 0. The summed E-state index contributed by atoms with van der Waals surface area (Å²) in [5.74, 6) is -0.526. The Morgan fingerprint density at radius 2 is 2.28 bits per heavy atom. The third-order valence-electron chi connectivity index (χ3n) is 1.43. The normalized spacial score (nSPS) is 13.2. The molecule has 0 fully saturated rings. The number of halogens is 3. The molecule has 96 valence electrons. The second kappa shape index (κ2) is 5.62. The molecule has 0 amide bonds. The first-order valence-corrected chi connectivity index (χ1v) is 4.22. The van der Waals surface area contributed by atoms with Gasteiger partial charge in [-0.15, -0.1) is 0 Å². The Morgan fingerprint density at radius 3 is 2.72 bits per heavy atom. The summed E-state index contributed by atoms with van der Waals surface area (Å²) in [4.78, 5) is 7.50. The summed E-state index contributed by atoms with van der Waals surface area (Å²) in [5.41, 5.74) is -0.678. The van der Waals surface area contributed by atoms with Gasteiger partial charge in [0.25, 0.3) is 0 Å². The molecule has 1 aromatic heterocycles. The monoisotopic (exact) mass is 262 g/mol. The van der Waals surface area contributed by atoms with E-state index in [1.54, 1.807) is 0 Å². The average Bonchev–Trinajstić information content (AvgIpc) is 2.80. The van der Waals surface area contributed by atoms with Crippen LogP contribution >= 0.6 is 0 Å². The van der Waals surface area contributed by atoms with E-state index >= 15 is 0 Å². The van der Waals surface area contributed by atoms with Crippen LogP contribution in [-0.2, 0) is 4.84 Å². The molecule has 1 aromatic rings. The molecule has 0 saturated carbocycles. The number of aromatic nitrogens is 3. The maximum Gasteiger partial charge on any atom is 0.425 e. The van der Waals surface area contributed by atoms with Gasteiger partial charge in [0.05, 0.1) is 0 Å². The number of nitrogens with zero attached hydrogens (tertiary/aromatic N) is 6. The minimum atomic E-state index is -4.58. The molecule has 0 radical (unpaired) electrons. The SMILES string of the molecule is N#CC(=N/O)/C(=N\OCC(F)(F)F)n1cncn1. The van der Waals surface area contributed by atoms with Crippen molar-refractivity contribution in [3.8, 4) is 6.07 Å². The highest BCUT2D eigenvalue weighted by Gasteiger charge is 2.29. The van der Waals surface area contributed by atoms with Crippen molar-refractivity contribution >= 4 is 11.5 Å². The van der Waals surface area contributed by atoms with Crippen LogP contribution in [0.15, 0.2) is 23.0 Å². The van der Waals surface area contributed by atoms with E-state index in [0.29, 0.717) is 0 Å². The molecule has 0 unspecified atom stereocenters. The van der Waals surface area contributed by atoms with Crippen LogP contribution in [0.4, 0.5) is 13.2 Å². The zero-order chi connectivity index (χ0) is 13.6. The minimum absolute atomic E-state index is 0.526. The fourth-order valence-corrected chi connectivity index (χ4v) is 0.795. The molecule has 1 heterocycles. The van der Waals surface area contributed by atoms with E-state index in [9.17, 15) is 13.2 Å². The minimum Gasteiger partial charge on any atom is -0.410 e. The molecule has 0 spiro atoms. The number of oxime groups is 2. The maximum absolute atomic E-state index is 11.8. The van der Waals surface area contributed by atoms with Crippen LogP contribution in [-0.4, -0.2) is 44.3 Å². The number of hydrogen-bond acceptors (Lipinski definition) is 7. The number of hydrogen-bond donors (Lipinski definition) is 1. The van der Waals surface area contributed by atoms with E-state index in [-0.39, 0.29) is 0 Å². The van der Waals surface area contributed by atoms with Crippen molar-refractivity contribution in [1.29, 1.82) is 5.26 Å². The largest absolute Gasteiger partial charge is 0.425 e. The van der Waals surface area contributed by atoms with Gasteiger partial charge in [-0.3, -0.25) is 0 Å². The Kier molecular flexibility index (Phi) is 4.19. The summed E-state index contributed by atoms with van der Waals surface area (Å²) < 4.78 is 36.3. The Bertz CT molecular complexity index is 486. The molecule has 0 aliphatic heterocycles. The molecule has 1 rings (SSSR count). The van der Waals surface area contributed by atoms with Crippen molar-refractivity contribution in [3.63, 3.8) is 0 Å². The van der Waals surface area contributed by atoms with E-state index in [0.717, 1.165) is 17.3 Å². The maximum atomic E-state index is 11.8. The molecule has 11 heteroatoms. The van der Waals surface area contributed by atoms with Crippen LogP contribution in [0.3, 0.4) is 0 Å². The molecule has 0 bridgehead atoms. The molecule has 8 nitrogen and oxygen atoms in total. The van der Waals surface area contributed by atoms with Gasteiger partial charge in [-0.25, -0.2) is 4.98 Å². The van der Waals surface area contributed by atoms with Crippen molar-refractivity contribution in [3.05, 3.63) is 12.7 Å². The van der Waals surface area contributed by atoms with Gasteiger partial charge >= 0.3 is 6.18 Å². The molecule has 0 atom stereocenters. The van der Waals surface area contributed by atoms with Gasteiger partial charge in [0.15, 0.2) is 0 Å². The third kappa shape index (κ3) is 3.74. The highest BCUT2D eigenvalue weighted by atomic mass is 19.4. The van der Waals surface area contributed by atoms with Gasteiger partial charge in [0.1, 0.15) is 18.7 Å². The van der Waals surface area contributed by atoms with Crippen LogP contribution in [0, 0.1) is 11.3 Å². The molecular formula is C7H5F3N6O2. The highest BCUT2D eigenvalue weighted by Crippen LogP contribution is 2.14. The van der Waals surface area contributed by atoms with Gasteiger partial charge < -0.3 is 10.0 Å². The molecule has 1 N–H and O–H groups in total. The summed E-state index contributed by atoms with van der Waals surface area (Å²) in [6.07, 6.45) is -2.50. The first-order chi connectivity index (χ1) is 8.48. The number of rotatable bonds is 3. The van der Waals surface area contributed by atoms with Crippen LogP contribution in [0.1, 0.15) is 0 Å². The second-order valence-corrected chi connectivity index (χ2v) is 2.70.